The standard InChI is InChI=1S/C23H15NO2/c1-16-13-23(25)26-22-14-18(8-11-21(16)22)5-4-17-6-9-19(10-7-17)20-3-2-12-24-15-20/h2-3,6-15H,1H3. The Bertz CT molecular complexity index is 1190. The Morgan fingerprint density at radius 3 is 2.42 bits per heavy atom. The highest BCUT2D eigenvalue weighted by Crippen LogP contribution is 2.19. The summed E-state index contributed by atoms with van der Waals surface area (Å²) >= 11 is 0. The third-order valence-corrected chi connectivity index (χ3v) is 4.18. The van der Waals surface area contributed by atoms with E-state index < -0.39 is 0 Å². The van der Waals surface area contributed by atoms with Crippen molar-refractivity contribution in [2.75, 3.05) is 0 Å². The van der Waals surface area contributed by atoms with Crippen molar-refractivity contribution in [3.05, 3.63) is 100 Å². The van der Waals surface area contributed by atoms with Gasteiger partial charge in [0.05, 0.1) is 0 Å². The first-order valence-corrected chi connectivity index (χ1v) is 8.26. The Labute approximate surface area is 151 Å². The van der Waals surface area contributed by atoms with Crippen LogP contribution in [-0.4, -0.2) is 4.98 Å². The van der Waals surface area contributed by atoms with Crippen LogP contribution in [0.4, 0.5) is 0 Å². The van der Waals surface area contributed by atoms with Crippen molar-refractivity contribution in [1.82, 2.24) is 4.98 Å². The van der Waals surface area contributed by atoms with E-state index in [1.807, 2.05) is 61.7 Å². The zero-order chi connectivity index (χ0) is 17.9. The fourth-order valence-corrected chi connectivity index (χ4v) is 2.83. The van der Waals surface area contributed by atoms with Crippen LogP contribution in [0.3, 0.4) is 0 Å². The molecule has 26 heavy (non-hydrogen) atoms. The van der Waals surface area contributed by atoms with Crippen LogP contribution in [0.25, 0.3) is 22.1 Å². The summed E-state index contributed by atoms with van der Waals surface area (Å²) in [6.45, 7) is 1.90. The first-order chi connectivity index (χ1) is 12.7. The first kappa shape index (κ1) is 15.9. The molecule has 0 aliphatic carbocycles. The highest BCUT2D eigenvalue weighted by atomic mass is 16.4. The van der Waals surface area contributed by atoms with Gasteiger partial charge >= 0.3 is 5.63 Å². The smallest absolute Gasteiger partial charge is 0.336 e. The molecule has 124 valence electrons. The van der Waals surface area contributed by atoms with Crippen molar-refractivity contribution in [2.45, 2.75) is 6.92 Å². The molecule has 3 nitrogen and oxygen atoms in total. The van der Waals surface area contributed by atoms with Gasteiger partial charge in [-0.1, -0.05) is 30.0 Å². The lowest BCUT2D eigenvalue weighted by Crippen LogP contribution is -1.97. The molecule has 0 atom stereocenters. The molecule has 3 heteroatoms. The second-order valence-corrected chi connectivity index (χ2v) is 6.03. The van der Waals surface area contributed by atoms with Gasteiger partial charge in [-0.15, -0.1) is 0 Å². The van der Waals surface area contributed by atoms with Crippen LogP contribution >= 0.6 is 0 Å². The zero-order valence-corrected chi connectivity index (χ0v) is 14.2. The van der Waals surface area contributed by atoms with Gasteiger partial charge in [0.1, 0.15) is 5.58 Å². The lowest BCUT2D eigenvalue weighted by atomic mass is 10.1. The minimum atomic E-state index is -0.342. The van der Waals surface area contributed by atoms with Crippen molar-refractivity contribution in [2.24, 2.45) is 0 Å². The van der Waals surface area contributed by atoms with E-state index in [0.717, 1.165) is 33.2 Å². The Morgan fingerprint density at radius 1 is 0.885 bits per heavy atom. The minimum Gasteiger partial charge on any atom is -0.423 e. The summed E-state index contributed by atoms with van der Waals surface area (Å²) < 4.78 is 5.27. The Kier molecular flexibility index (Phi) is 4.09. The molecule has 0 radical (unpaired) electrons. The quantitative estimate of drug-likeness (QED) is 0.378. The molecule has 0 aliphatic heterocycles. The van der Waals surface area contributed by atoms with Gasteiger partial charge in [-0.3, -0.25) is 4.98 Å². The SMILES string of the molecule is Cc1cc(=O)oc2cc(C#Cc3ccc(-c4cccnc4)cc3)ccc12. The van der Waals surface area contributed by atoms with Gasteiger partial charge in [0, 0.05) is 35.0 Å². The van der Waals surface area contributed by atoms with Gasteiger partial charge in [-0.05, 0) is 60.0 Å². The van der Waals surface area contributed by atoms with Crippen LogP contribution < -0.4 is 5.63 Å². The number of aromatic nitrogens is 1. The van der Waals surface area contributed by atoms with Crippen molar-refractivity contribution < 1.29 is 4.42 Å². The monoisotopic (exact) mass is 337 g/mol. The highest BCUT2D eigenvalue weighted by molar-refractivity contribution is 5.81. The third-order valence-electron chi connectivity index (χ3n) is 4.18. The second-order valence-electron chi connectivity index (χ2n) is 6.03. The van der Waals surface area contributed by atoms with Crippen LogP contribution in [0.2, 0.25) is 0 Å². The molecular formula is C23H15NO2. The number of aryl methyl sites for hydroxylation is 1. The fraction of sp³-hybridized carbons (Fsp3) is 0.0435. The summed E-state index contributed by atoms with van der Waals surface area (Å²) in [6, 6.07) is 19.2. The number of pyridine rings is 1. The average molecular weight is 337 g/mol. The predicted octanol–water partition coefficient (Wildman–Crippen LogP) is 4.56. The maximum Gasteiger partial charge on any atom is 0.336 e. The molecule has 0 spiro atoms. The molecule has 4 aromatic rings. The topological polar surface area (TPSA) is 43.1 Å². The number of fused-ring (bicyclic) bond motifs is 1. The number of hydrogen-bond acceptors (Lipinski definition) is 3. The van der Waals surface area contributed by atoms with E-state index in [9.17, 15) is 4.79 Å². The molecule has 2 heterocycles. The summed E-state index contributed by atoms with van der Waals surface area (Å²) in [6.07, 6.45) is 3.60. The van der Waals surface area contributed by atoms with Crippen LogP contribution in [-0.2, 0) is 0 Å². The van der Waals surface area contributed by atoms with E-state index in [0.29, 0.717) is 5.58 Å². The normalized spacial score (nSPS) is 10.3. The van der Waals surface area contributed by atoms with E-state index in [1.54, 1.807) is 12.3 Å². The van der Waals surface area contributed by atoms with E-state index >= 15 is 0 Å². The van der Waals surface area contributed by atoms with Gasteiger partial charge in [-0.2, -0.15) is 0 Å². The molecule has 2 aromatic heterocycles. The molecular weight excluding hydrogens is 322 g/mol. The van der Waals surface area contributed by atoms with Crippen molar-refractivity contribution in [3.8, 4) is 23.0 Å². The van der Waals surface area contributed by atoms with Crippen molar-refractivity contribution in [1.29, 1.82) is 0 Å². The molecule has 0 unspecified atom stereocenters. The number of hydrogen-bond donors (Lipinski definition) is 0. The molecule has 0 fully saturated rings. The van der Waals surface area contributed by atoms with Crippen LogP contribution in [0.15, 0.2) is 82.3 Å². The molecule has 0 bridgehead atoms. The molecule has 0 saturated carbocycles. The molecule has 0 N–H and O–H groups in total. The Balaban J connectivity index is 1.63. The van der Waals surface area contributed by atoms with Crippen molar-refractivity contribution in [3.63, 3.8) is 0 Å². The van der Waals surface area contributed by atoms with Gasteiger partial charge in [0.2, 0.25) is 0 Å². The third kappa shape index (κ3) is 3.26. The first-order valence-electron chi connectivity index (χ1n) is 8.26. The predicted molar refractivity (Wildman–Crippen MR) is 103 cm³/mol. The number of benzene rings is 2. The van der Waals surface area contributed by atoms with Crippen LogP contribution in [0, 0.1) is 18.8 Å². The number of rotatable bonds is 1. The molecule has 0 amide bonds. The average Bonchev–Trinajstić information content (AvgIpc) is 2.67. The van der Waals surface area contributed by atoms with Gasteiger partial charge in [-0.25, -0.2) is 4.79 Å². The molecule has 0 saturated heterocycles. The molecule has 2 aromatic carbocycles. The van der Waals surface area contributed by atoms with E-state index in [1.165, 1.54) is 6.07 Å². The van der Waals surface area contributed by atoms with E-state index in [4.69, 9.17) is 4.42 Å². The maximum absolute atomic E-state index is 11.5. The fourth-order valence-electron chi connectivity index (χ4n) is 2.83. The van der Waals surface area contributed by atoms with Crippen LogP contribution in [0.5, 0.6) is 0 Å². The van der Waals surface area contributed by atoms with Crippen molar-refractivity contribution >= 4 is 11.0 Å². The lowest BCUT2D eigenvalue weighted by molar-refractivity contribution is 0.560. The van der Waals surface area contributed by atoms with E-state index in [2.05, 4.69) is 16.8 Å². The molecule has 0 aliphatic rings. The summed E-state index contributed by atoms with van der Waals surface area (Å²) in [4.78, 5) is 15.7. The molecule has 4 rings (SSSR count). The zero-order valence-electron chi connectivity index (χ0n) is 14.2. The Morgan fingerprint density at radius 2 is 1.65 bits per heavy atom. The van der Waals surface area contributed by atoms with E-state index in [-0.39, 0.29) is 5.63 Å². The van der Waals surface area contributed by atoms with Gasteiger partial charge < -0.3 is 4.42 Å². The number of nitrogens with zero attached hydrogens (tertiary/aromatic N) is 1. The summed E-state index contributed by atoms with van der Waals surface area (Å²) in [7, 11) is 0. The lowest BCUT2D eigenvalue weighted by Gasteiger charge is -2.01. The largest absolute Gasteiger partial charge is 0.423 e. The maximum atomic E-state index is 11.5. The highest BCUT2D eigenvalue weighted by Gasteiger charge is 2.02. The Hall–Kier alpha value is -3.64. The second kappa shape index (κ2) is 6.70. The van der Waals surface area contributed by atoms with Gasteiger partial charge in [0.15, 0.2) is 0 Å². The van der Waals surface area contributed by atoms with Gasteiger partial charge in [0.25, 0.3) is 0 Å². The van der Waals surface area contributed by atoms with Crippen LogP contribution in [0.1, 0.15) is 16.7 Å². The minimum absolute atomic E-state index is 0.342. The summed E-state index contributed by atoms with van der Waals surface area (Å²) in [5, 5.41) is 0.927. The summed E-state index contributed by atoms with van der Waals surface area (Å²) in [5.41, 5.74) is 5.03. The summed E-state index contributed by atoms with van der Waals surface area (Å²) in [5.74, 6) is 6.27.